The number of nitrogens with one attached hydrogen (secondary N) is 1. The molecule has 0 saturated heterocycles. The second kappa shape index (κ2) is 5.85. The predicted molar refractivity (Wildman–Crippen MR) is 58.2 cm³/mol. The van der Waals surface area contributed by atoms with Gasteiger partial charge in [0.2, 0.25) is 0 Å². The summed E-state index contributed by atoms with van der Waals surface area (Å²) in [4.78, 5) is 22.2. The van der Waals surface area contributed by atoms with Gasteiger partial charge in [-0.3, -0.25) is 9.59 Å². The van der Waals surface area contributed by atoms with E-state index in [0.717, 1.165) is 4.88 Å². The number of amides is 1. The largest absolute Gasteiger partial charge is 0.481 e. The zero-order valence-electron chi connectivity index (χ0n) is 9.03. The summed E-state index contributed by atoms with van der Waals surface area (Å²) in [6.07, 6.45) is -4.91. The zero-order chi connectivity index (χ0) is 13.8. The number of rotatable bonds is 5. The maximum atomic E-state index is 11.9. The highest BCUT2D eigenvalue weighted by molar-refractivity contribution is 7.09. The molecular weight excluding hydrogens is 271 g/mol. The number of carbonyl (C=O) groups is 2. The average molecular weight is 281 g/mol. The van der Waals surface area contributed by atoms with Crippen LogP contribution in [0.4, 0.5) is 13.2 Å². The molecule has 1 unspecified atom stereocenters. The van der Waals surface area contributed by atoms with Gasteiger partial charge in [-0.15, -0.1) is 11.3 Å². The molecule has 0 aliphatic heterocycles. The Morgan fingerprint density at radius 3 is 2.56 bits per heavy atom. The van der Waals surface area contributed by atoms with Gasteiger partial charge in [-0.2, -0.15) is 13.2 Å². The molecule has 100 valence electrons. The third-order valence-electron chi connectivity index (χ3n) is 2.14. The van der Waals surface area contributed by atoms with Crippen molar-refractivity contribution in [3.8, 4) is 0 Å². The molecule has 4 nitrogen and oxygen atoms in total. The van der Waals surface area contributed by atoms with Crippen LogP contribution in [-0.4, -0.2) is 29.7 Å². The van der Waals surface area contributed by atoms with E-state index in [4.69, 9.17) is 5.11 Å². The van der Waals surface area contributed by atoms with Crippen molar-refractivity contribution in [2.75, 3.05) is 6.54 Å². The molecular formula is C10H10F3NO3S. The van der Waals surface area contributed by atoms with Gasteiger partial charge in [0, 0.05) is 11.4 Å². The molecule has 0 bridgehead atoms. The number of carboxylic acids is 1. The number of carboxylic acid groups (broad SMARTS) is 1. The van der Waals surface area contributed by atoms with Crippen molar-refractivity contribution < 1.29 is 27.9 Å². The van der Waals surface area contributed by atoms with Gasteiger partial charge in [-0.25, -0.2) is 0 Å². The maximum Gasteiger partial charge on any atom is 0.471 e. The lowest BCUT2D eigenvalue weighted by molar-refractivity contribution is -0.174. The summed E-state index contributed by atoms with van der Waals surface area (Å²) in [5, 5.41) is 12.2. The molecule has 0 fully saturated rings. The van der Waals surface area contributed by atoms with Crippen molar-refractivity contribution in [1.29, 1.82) is 0 Å². The highest BCUT2D eigenvalue weighted by atomic mass is 32.1. The van der Waals surface area contributed by atoms with Crippen LogP contribution < -0.4 is 5.32 Å². The van der Waals surface area contributed by atoms with Crippen molar-refractivity contribution in [2.45, 2.75) is 12.6 Å². The van der Waals surface area contributed by atoms with Crippen LogP contribution in [0.3, 0.4) is 0 Å². The number of thiophene rings is 1. The monoisotopic (exact) mass is 281 g/mol. The third kappa shape index (κ3) is 4.36. The van der Waals surface area contributed by atoms with E-state index in [1.54, 1.807) is 22.8 Å². The van der Waals surface area contributed by atoms with E-state index in [9.17, 15) is 22.8 Å². The number of hydrogen-bond acceptors (Lipinski definition) is 3. The molecule has 18 heavy (non-hydrogen) atoms. The van der Waals surface area contributed by atoms with Crippen LogP contribution in [0.5, 0.6) is 0 Å². The highest BCUT2D eigenvalue weighted by Crippen LogP contribution is 2.16. The van der Waals surface area contributed by atoms with Crippen LogP contribution in [-0.2, 0) is 16.0 Å². The Balaban J connectivity index is 2.54. The summed E-state index contributed by atoms with van der Waals surface area (Å²) in [5.74, 6) is -4.44. The first-order chi connectivity index (χ1) is 8.30. The molecule has 1 aromatic heterocycles. The molecule has 1 aromatic rings. The topological polar surface area (TPSA) is 66.4 Å². The zero-order valence-corrected chi connectivity index (χ0v) is 9.85. The summed E-state index contributed by atoms with van der Waals surface area (Å²) >= 11 is 1.31. The van der Waals surface area contributed by atoms with Crippen molar-refractivity contribution in [2.24, 2.45) is 5.92 Å². The molecule has 1 heterocycles. The summed E-state index contributed by atoms with van der Waals surface area (Å²) in [6, 6.07) is 3.40. The first-order valence-corrected chi connectivity index (χ1v) is 5.79. The quantitative estimate of drug-likeness (QED) is 0.862. The molecule has 0 aliphatic rings. The Bertz CT molecular complexity index is 417. The van der Waals surface area contributed by atoms with Gasteiger partial charge in [-0.1, -0.05) is 6.07 Å². The fourth-order valence-corrected chi connectivity index (χ4v) is 2.02. The fourth-order valence-electron chi connectivity index (χ4n) is 1.23. The number of hydrogen-bond donors (Lipinski definition) is 2. The smallest absolute Gasteiger partial charge is 0.471 e. The first-order valence-electron chi connectivity index (χ1n) is 4.91. The Labute approximate surface area is 104 Å². The van der Waals surface area contributed by atoms with Gasteiger partial charge in [0.15, 0.2) is 0 Å². The number of carbonyl (C=O) groups excluding carboxylic acids is 1. The Morgan fingerprint density at radius 2 is 2.11 bits per heavy atom. The lowest BCUT2D eigenvalue weighted by Crippen LogP contribution is -2.41. The molecule has 2 N–H and O–H groups in total. The van der Waals surface area contributed by atoms with Gasteiger partial charge in [0.05, 0.1) is 5.92 Å². The minimum atomic E-state index is -4.99. The van der Waals surface area contributed by atoms with Crippen molar-refractivity contribution >= 4 is 23.2 Å². The van der Waals surface area contributed by atoms with Crippen LogP contribution >= 0.6 is 11.3 Å². The molecule has 8 heteroatoms. The summed E-state index contributed by atoms with van der Waals surface area (Å²) in [6.45, 7) is -0.550. The van der Waals surface area contributed by atoms with Gasteiger partial charge >= 0.3 is 18.1 Å². The van der Waals surface area contributed by atoms with Crippen LogP contribution in [0.1, 0.15) is 4.88 Å². The van der Waals surface area contributed by atoms with E-state index in [0.29, 0.717) is 0 Å². The lowest BCUT2D eigenvalue weighted by atomic mass is 10.0. The molecule has 0 radical (unpaired) electrons. The molecule has 1 atom stereocenters. The highest BCUT2D eigenvalue weighted by Gasteiger charge is 2.39. The van der Waals surface area contributed by atoms with E-state index < -0.39 is 30.5 Å². The van der Waals surface area contributed by atoms with E-state index in [-0.39, 0.29) is 6.42 Å². The number of aliphatic carboxylic acids is 1. The molecule has 0 aliphatic carbocycles. The van der Waals surface area contributed by atoms with Gasteiger partial charge in [0.25, 0.3) is 0 Å². The van der Waals surface area contributed by atoms with Gasteiger partial charge in [-0.05, 0) is 17.9 Å². The number of halogens is 3. The summed E-state index contributed by atoms with van der Waals surface area (Å²) < 4.78 is 35.8. The van der Waals surface area contributed by atoms with E-state index >= 15 is 0 Å². The summed E-state index contributed by atoms with van der Waals surface area (Å²) in [7, 11) is 0. The van der Waals surface area contributed by atoms with Crippen LogP contribution in [0.15, 0.2) is 17.5 Å². The molecule has 0 saturated carbocycles. The molecule has 1 amide bonds. The summed E-state index contributed by atoms with van der Waals surface area (Å²) in [5.41, 5.74) is 0. The van der Waals surface area contributed by atoms with Crippen molar-refractivity contribution in [3.63, 3.8) is 0 Å². The van der Waals surface area contributed by atoms with Gasteiger partial charge < -0.3 is 10.4 Å². The minimum Gasteiger partial charge on any atom is -0.481 e. The predicted octanol–water partition coefficient (Wildman–Crippen LogP) is 1.67. The fraction of sp³-hybridized carbons (Fsp3) is 0.400. The van der Waals surface area contributed by atoms with Crippen molar-refractivity contribution in [3.05, 3.63) is 22.4 Å². The second-order valence-electron chi connectivity index (χ2n) is 3.53. The SMILES string of the molecule is O=C(O)C(CNC(=O)C(F)(F)F)Cc1cccs1. The van der Waals surface area contributed by atoms with E-state index in [1.807, 2.05) is 0 Å². The normalized spacial score (nSPS) is 13.1. The van der Waals surface area contributed by atoms with Crippen LogP contribution in [0.2, 0.25) is 0 Å². The average Bonchev–Trinajstić information content (AvgIpc) is 2.74. The van der Waals surface area contributed by atoms with E-state index in [2.05, 4.69) is 0 Å². The van der Waals surface area contributed by atoms with Gasteiger partial charge in [0.1, 0.15) is 0 Å². The minimum absolute atomic E-state index is 0.0884. The first kappa shape index (κ1) is 14.5. The second-order valence-corrected chi connectivity index (χ2v) is 4.56. The standard InChI is InChI=1S/C10H10F3NO3S/c11-10(12,13)9(17)14-5-6(8(15)16)4-7-2-1-3-18-7/h1-3,6H,4-5H2,(H,14,17)(H,15,16). The van der Waals surface area contributed by atoms with E-state index in [1.165, 1.54) is 11.3 Å². The van der Waals surface area contributed by atoms with Crippen LogP contribution in [0, 0.1) is 5.92 Å². The molecule has 0 aromatic carbocycles. The van der Waals surface area contributed by atoms with Crippen molar-refractivity contribution in [1.82, 2.24) is 5.32 Å². The maximum absolute atomic E-state index is 11.9. The Hall–Kier alpha value is -1.57. The molecule has 1 rings (SSSR count). The number of alkyl halides is 3. The Kier molecular flexibility index (Phi) is 4.71. The lowest BCUT2D eigenvalue weighted by Gasteiger charge is -2.13. The third-order valence-corrected chi connectivity index (χ3v) is 3.04. The van der Waals surface area contributed by atoms with Crippen LogP contribution in [0.25, 0.3) is 0 Å². The Morgan fingerprint density at radius 1 is 1.44 bits per heavy atom. The molecule has 0 spiro atoms.